The monoisotopic (exact) mass is 155 g/mol. The summed E-state index contributed by atoms with van der Waals surface area (Å²) in [6, 6.07) is 0. The summed E-state index contributed by atoms with van der Waals surface area (Å²) in [5, 5.41) is 5.50. The van der Waals surface area contributed by atoms with Crippen LogP contribution in [0.1, 0.15) is 0 Å². The summed E-state index contributed by atoms with van der Waals surface area (Å²) >= 11 is 0. The Morgan fingerprint density at radius 3 is 1.25 bits per heavy atom. The van der Waals surface area contributed by atoms with Crippen LogP contribution in [-0.4, -0.2) is 22.7 Å². The predicted octanol–water partition coefficient (Wildman–Crippen LogP) is -1.32. The Labute approximate surface area is 59.5 Å². The molecule has 0 fully saturated rings. The summed E-state index contributed by atoms with van der Waals surface area (Å²) in [6.07, 6.45) is 0. The molecular weight excluding hydrogens is 151 g/mol. The molecule has 1 nitrogen and oxygen atoms in total. The van der Waals surface area contributed by atoms with Crippen molar-refractivity contribution in [3.8, 4) is 0 Å². The van der Waals surface area contributed by atoms with E-state index in [1.165, 1.54) is 0 Å². The molecule has 0 aliphatic rings. The minimum atomic E-state index is 0. The Kier molecular flexibility index (Phi) is 107. The van der Waals surface area contributed by atoms with Gasteiger partial charge in [-0.15, -0.1) is 0 Å². The smallest absolute Gasteiger partial charge is 0.187 e. The van der Waals surface area contributed by atoms with E-state index >= 15 is 0 Å². The van der Waals surface area contributed by atoms with Crippen LogP contribution in [0.2, 0.25) is 0 Å². The molecular formula is H4AlFOY. The Morgan fingerprint density at radius 2 is 1.25 bits per heavy atom. The molecule has 1 N–H and O–H groups in total. The van der Waals surface area contributed by atoms with Gasteiger partial charge in [0.15, 0.2) is 17.4 Å². The van der Waals surface area contributed by atoms with Crippen LogP contribution in [0.5, 0.6) is 0 Å². The third-order valence-electron chi connectivity index (χ3n) is 0. The van der Waals surface area contributed by atoms with Crippen LogP contribution in [-0.2, 0) is 32.7 Å². The molecule has 0 rings (SSSR count). The molecule has 0 aromatic carbocycles. The van der Waals surface area contributed by atoms with Gasteiger partial charge in [-0.25, -0.2) is 5.31 Å². The third kappa shape index (κ3) is 9.66. The largest absolute Gasteiger partial charge is 0.209 e. The van der Waals surface area contributed by atoms with E-state index in [9.17, 15) is 0 Å². The average Bonchev–Trinajstić information content (AvgIpc) is 1.00. The molecule has 23 valence electrons. The van der Waals surface area contributed by atoms with Gasteiger partial charge in [0, 0.05) is 32.7 Å². The second-order valence-corrected chi connectivity index (χ2v) is 0. The fraction of sp³-hybridized carbons (Fsp3) is 0. The summed E-state index contributed by atoms with van der Waals surface area (Å²) in [5.41, 5.74) is 0. The van der Waals surface area contributed by atoms with Gasteiger partial charge < -0.3 is 0 Å². The zero-order valence-corrected chi connectivity index (χ0v) is 4.24. The molecule has 0 spiro atoms. The first-order chi connectivity index (χ1) is 1.00. The summed E-state index contributed by atoms with van der Waals surface area (Å²) < 4.78 is 8.50. The van der Waals surface area contributed by atoms with Crippen LogP contribution in [0.3, 0.4) is 0 Å². The predicted molar refractivity (Wildman–Crippen MR) is 13.3 cm³/mol. The van der Waals surface area contributed by atoms with Crippen LogP contribution in [0.25, 0.3) is 0 Å². The van der Waals surface area contributed by atoms with E-state index in [1.807, 2.05) is 0 Å². The van der Waals surface area contributed by atoms with E-state index in [2.05, 4.69) is 0 Å². The molecule has 0 aromatic heterocycles. The van der Waals surface area contributed by atoms with Crippen molar-refractivity contribution in [3.05, 3.63) is 0 Å². The van der Waals surface area contributed by atoms with Crippen LogP contribution >= 0.6 is 0 Å². The SMILES string of the molecule is OF.[AlH3].[Y]. The maximum Gasteiger partial charge on any atom is 0.187 e. The fourth-order valence-electron chi connectivity index (χ4n) is 0. The van der Waals surface area contributed by atoms with Gasteiger partial charge in [-0.3, -0.25) is 0 Å². The van der Waals surface area contributed by atoms with Crippen LogP contribution in [0, 0.1) is 0 Å². The Bertz CT molecular complexity index is 8.00. The fourth-order valence-corrected chi connectivity index (χ4v) is 0. The second-order valence-electron chi connectivity index (χ2n) is 0. The van der Waals surface area contributed by atoms with Crippen LogP contribution in [0.4, 0.5) is 4.53 Å². The van der Waals surface area contributed by atoms with Crippen molar-refractivity contribution in [3.63, 3.8) is 0 Å². The Hall–Kier alpha value is 1.53. The van der Waals surface area contributed by atoms with E-state index < -0.39 is 0 Å². The first kappa shape index (κ1) is 17.7. The van der Waals surface area contributed by atoms with Crippen molar-refractivity contribution in [1.82, 2.24) is 0 Å². The second kappa shape index (κ2) is 24.2. The number of halogens is 1. The van der Waals surface area contributed by atoms with Crippen LogP contribution in [0.15, 0.2) is 0 Å². The summed E-state index contributed by atoms with van der Waals surface area (Å²) in [7, 11) is 0. The van der Waals surface area contributed by atoms with Crippen molar-refractivity contribution in [2.24, 2.45) is 0 Å². The topological polar surface area (TPSA) is 20.2 Å². The van der Waals surface area contributed by atoms with Crippen molar-refractivity contribution in [2.75, 3.05) is 0 Å². The van der Waals surface area contributed by atoms with Gasteiger partial charge in [0.25, 0.3) is 0 Å². The van der Waals surface area contributed by atoms with E-state index in [-0.39, 0.29) is 50.1 Å². The number of rotatable bonds is 0. The molecule has 0 unspecified atom stereocenters. The maximum atomic E-state index is 8.50. The number of hydrogen-bond donors (Lipinski definition) is 1. The van der Waals surface area contributed by atoms with Crippen LogP contribution < -0.4 is 0 Å². The molecule has 0 aliphatic carbocycles. The summed E-state index contributed by atoms with van der Waals surface area (Å²) in [6.45, 7) is 0. The zero-order valence-electron chi connectivity index (χ0n) is 1.40. The average molecular weight is 155 g/mol. The molecule has 0 saturated carbocycles. The van der Waals surface area contributed by atoms with E-state index in [1.54, 1.807) is 0 Å². The molecule has 0 heterocycles. The summed E-state index contributed by atoms with van der Waals surface area (Å²) in [4.78, 5) is 0. The zero-order chi connectivity index (χ0) is 2.00. The normalized spacial score (nSPS) is 1.50. The molecule has 1 radical (unpaired) electrons. The summed E-state index contributed by atoms with van der Waals surface area (Å²) in [5.74, 6) is 0. The first-order valence-corrected chi connectivity index (χ1v) is 0.169. The quantitative estimate of drug-likeness (QED) is 0.430. The minimum absolute atomic E-state index is 0. The van der Waals surface area contributed by atoms with E-state index in [0.717, 1.165) is 0 Å². The Balaban J connectivity index is -0.00000000500. The molecule has 0 saturated heterocycles. The van der Waals surface area contributed by atoms with E-state index in [0.29, 0.717) is 0 Å². The van der Waals surface area contributed by atoms with Crippen molar-refractivity contribution < 1.29 is 42.5 Å². The molecule has 4 heavy (non-hydrogen) atoms. The van der Waals surface area contributed by atoms with Gasteiger partial charge in [0.05, 0.1) is 0 Å². The molecule has 0 atom stereocenters. The van der Waals surface area contributed by atoms with Gasteiger partial charge in [0.1, 0.15) is 0 Å². The standard InChI is InChI=1S/Al.FHO.Y.3H/c;1-2;;;;/h;2H;;;;. The Morgan fingerprint density at radius 1 is 1.25 bits per heavy atom. The molecule has 0 aromatic rings. The van der Waals surface area contributed by atoms with Crippen molar-refractivity contribution >= 4 is 17.4 Å². The van der Waals surface area contributed by atoms with Gasteiger partial charge >= 0.3 is 0 Å². The molecule has 0 amide bonds. The first-order valence-electron chi connectivity index (χ1n) is 0.169. The van der Waals surface area contributed by atoms with Crippen molar-refractivity contribution in [2.45, 2.75) is 0 Å². The van der Waals surface area contributed by atoms with Gasteiger partial charge in [-0.2, -0.15) is 0 Å². The van der Waals surface area contributed by atoms with Gasteiger partial charge in [0.2, 0.25) is 0 Å². The van der Waals surface area contributed by atoms with Gasteiger partial charge in [-0.05, 0) is 0 Å². The third-order valence-corrected chi connectivity index (χ3v) is 0. The molecule has 0 bridgehead atoms. The minimum Gasteiger partial charge on any atom is -0.209 e. The maximum absolute atomic E-state index is 8.50. The molecule has 4 heteroatoms. The van der Waals surface area contributed by atoms with E-state index in [4.69, 9.17) is 9.84 Å². The molecule has 0 aliphatic heterocycles. The van der Waals surface area contributed by atoms with Gasteiger partial charge in [-0.1, -0.05) is 4.53 Å². The van der Waals surface area contributed by atoms with Crippen molar-refractivity contribution in [1.29, 1.82) is 0 Å². The number of hydrogen-bond acceptors (Lipinski definition) is 1.